The van der Waals surface area contributed by atoms with Gasteiger partial charge in [0.05, 0.1) is 12.7 Å². The quantitative estimate of drug-likeness (QED) is 0.727. The Labute approximate surface area is 175 Å². The molecule has 0 unspecified atom stereocenters. The third-order valence-electron chi connectivity index (χ3n) is 5.04. The number of benzene rings is 2. The van der Waals surface area contributed by atoms with E-state index in [1.807, 2.05) is 18.2 Å². The zero-order valence-corrected chi connectivity index (χ0v) is 16.6. The molecule has 0 aliphatic carbocycles. The number of morpholine rings is 1. The van der Waals surface area contributed by atoms with E-state index >= 15 is 0 Å². The predicted molar refractivity (Wildman–Crippen MR) is 111 cm³/mol. The Hall–Kier alpha value is -3.10. The molecule has 30 heavy (non-hydrogen) atoms. The van der Waals surface area contributed by atoms with Gasteiger partial charge in [0.25, 0.3) is 0 Å². The lowest BCUT2D eigenvalue weighted by Gasteiger charge is -2.33. The van der Waals surface area contributed by atoms with Crippen LogP contribution in [0.15, 0.2) is 48.5 Å². The summed E-state index contributed by atoms with van der Waals surface area (Å²) in [7, 11) is 0. The Morgan fingerprint density at radius 3 is 2.60 bits per heavy atom. The van der Waals surface area contributed by atoms with Gasteiger partial charge < -0.3 is 24.8 Å². The molecule has 8 nitrogen and oxygen atoms in total. The van der Waals surface area contributed by atoms with E-state index in [1.54, 1.807) is 18.2 Å². The second kappa shape index (κ2) is 9.60. The number of rotatable bonds is 5. The number of carbonyl (C=O) groups is 2. The maximum Gasteiger partial charge on any atom is 0.313 e. The summed E-state index contributed by atoms with van der Waals surface area (Å²) in [6.45, 7) is 4.17. The van der Waals surface area contributed by atoms with Crippen LogP contribution >= 0.6 is 0 Å². The second-order valence-corrected chi connectivity index (χ2v) is 7.14. The Balaban J connectivity index is 1.22. The molecular weight excluding hydrogens is 386 g/mol. The van der Waals surface area contributed by atoms with Crippen LogP contribution in [-0.4, -0.2) is 62.7 Å². The molecule has 2 heterocycles. The van der Waals surface area contributed by atoms with Gasteiger partial charge in [-0.15, -0.1) is 0 Å². The van der Waals surface area contributed by atoms with Crippen LogP contribution < -0.4 is 20.1 Å². The lowest BCUT2D eigenvalue weighted by atomic mass is 10.1. The van der Waals surface area contributed by atoms with Crippen LogP contribution in [0.5, 0.6) is 11.5 Å². The summed E-state index contributed by atoms with van der Waals surface area (Å²) in [6.07, 6.45) is 0.0224. The van der Waals surface area contributed by atoms with Gasteiger partial charge in [-0.2, -0.15) is 0 Å². The van der Waals surface area contributed by atoms with Gasteiger partial charge >= 0.3 is 11.8 Å². The number of fused-ring (bicyclic) bond motifs is 1. The molecule has 0 aromatic heterocycles. The lowest BCUT2D eigenvalue weighted by molar-refractivity contribution is -0.136. The molecule has 0 radical (unpaired) electrons. The van der Waals surface area contributed by atoms with Crippen molar-refractivity contribution in [3.05, 3.63) is 54.1 Å². The van der Waals surface area contributed by atoms with E-state index in [4.69, 9.17) is 14.2 Å². The fourth-order valence-corrected chi connectivity index (χ4v) is 3.49. The van der Waals surface area contributed by atoms with Crippen LogP contribution in [0.2, 0.25) is 0 Å². The van der Waals surface area contributed by atoms with E-state index in [-0.39, 0.29) is 6.10 Å². The first-order valence-corrected chi connectivity index (χ1v) is 10.1. The van der Waals surface area contributed by atoms with Gasteiger partial charge in [-0.3, -0.25) is 14.5 Å². The fourth-order valence-electron chi connectivity index (χ4n) is 3.49. The Morgan fingerprint density at radius 2 is 1.77 bits per heavy atom. The van der Waals surface area contributed by atoms with E-state index in [0.717, 1.165) is 18.7 Å². The molecule has 0 bridgehead atoms. The van der Waals surface area contributed by atoms with Gasteiger partial charge in [0, 0.05) is 37.9 Å². The molecule has 4 rings (SSSR count). The van der Waals surface area contributed by atoms with Crippen molar-refractivity contribution in [2.45, 2.75) is 6.10 Å². The summed E-state index contributed by atoms with van der Waals surface area (Å²) < 4.78 is 16.8. The van der Waals surface area contributed by atoms with Crippen molar-refractivity contribution >= 4 is 17.5 Å². The number of hydrogen-bond donors (Lipinski definition) is 2. The molecule has 2 amide bonds. The molecule has 2 aromatic rings. The van der Waals surface area contributed by atoms with Crippen LogP contribution in [0.1, 0.15) is 11.7 Å². The summed E-state index contributed by atoms with van der Waals surface area (Å²) in [6, 6.07) is 15.1. The number of hydrogen-bond acceptors (Lipinski definition) is 6. The molecule has 0 spiro atoms. The average molecular weight is 411 g/mol. The number of anilines is 1. The molecule has 1 atom stereocenters. The van der Waals surface area contributed by atoms with Crippen molar-refractivity contribution in [2.24, 2.45) is 0 Å². The van der Waals surface area contributed by atoms with Gasteiger partial charge in [-0.05, 0) is 17.7 Å². The van der Waals surface area contributed by atoms with E-state index in [9.17, 15) is 9.59 Å². The molecule has 1 fully saturated rings. The Kier molecular flexibility index (Phi) is 6.46. The van der Waals surface area contributed by atoms with Gasteiger partial charge in [0.1, 0.15) is 13.2 Å². The van der Waals surface area contributed by atoms with Crippen LogP contribution in [0.4, 0.5) is 5.69 Å². The van der Waals surface area contributed by atoms with Gasteiger partial charge in [-0.1, -0.05) is 30.3 Å². The molecule has 1 saturated heterocycles. The van der Waals surface area contributed by atoms with Crippen molar-refractivity contribution in [3.8, 4) is 11.5 Å². The van der Waals surface area contributed by atoms with Crippen molar-refractivity contribution in [1.82, 2.24) is 10.2 Å². The third kappa shape index (κ3) is 5.08. The minimum Gasteiger partial charge on any atom is -0.486 e. The maximum absolute atomic E-state index is 12.2. The maximum atomic E-state index is 12.2. The van der Waals surface area contributed by atoms with Crippen LogP contribution in [0, 0.1) is 0 Å². The van der Waals surface area contributed by atoms with Gasteiger partial charge in [0.15, 0.2) is 11.5 Å². The van der Waals surface area contributed by atoms with Crippen LogP contribution in [0.25, 0.3) is 0 Å². The molecule has 8 heteroatoms. The standard InChI is InChI=1S/C22H25N3O5/c26-21(22(27)24-17-6-7-18-19(14-17)30-13-12-29-18)23-8-9-25-10-11-28-20(15-25)16-4-2-1-3-5-16/h1-7,14,20H,8-13,15H2,(H,23,26)(H,24,27)/t20-/m0/s1. The number of nitrogens with zero attached hydrogens (tertiary/aromatic N) is 1. The zero-order valence-electron chi connectivity index (χ0n) is 16.6. The highest BCUT2D eigenvalue weighted by molar-refractivity contribution is 6.39. The molecule has 2 N–H and O–H groups in total. The minimum absolute atomic E-state index is 0.0224. The van der Waals surface area contributed by atoms with Gasteiger partial charge in [0.2, 0.25) is 0 Å². The molecule has 2 aliphatic heterocycles. The van der Waals surface area contributed by atoms with Crippen molar-refractivity contribution < 1.29 is 23.8 Å². The van der Waals surface area contributed by atoms with Crippen LogP contribution in [-0.2, 0) is 14.3 Å². The SMILES string of the molecule is O=C(NCCN1CCO[C@H](c2ccccc2)C1)C(=O)Nc1ccc2c(c1)OCCO2. The Morgan fingerprint density at radius 1 is 0.967 bits per heavy atom. The molecular formula is C22H25N3O5. The molecule has 2 aromatic carbocycles. The second-order valence-electron chi connectivity index (χ2n) is 7.14. The molecule has 2 aliphatic rings. The topological polar surface area (TPSA) is 89.1 Å². The largest absolute Gasteiger partial charge is 0.486 e. The highest BCUT2D eigenvalue weighted by Crippen LogP contribution is 2.32. The molecule has 0 saturated carbocycles. The summed E-state index contributed by atoms with van der Waals surface area (Å²) >= 11 is 0. The van der Waals surface area contributed by atoms with Gasteiger partial charge in [-0.25, -0.2) is 0 Å². The fraction of sp³-hybridized carbons (Fsp3) is 0.364. The minimum atomic E-state index is -0.712. The van der Waals surface area contributed by atoms with Crippen LogP contribution in [0.3, 0.4) is 0 Å². The predicted octanol–water partition coefficient (Wildman–Crippen LogP) is 1.59. The number of nitrogens with one attached hydrogen (secondary N) is 2. The Bertz CT molecular complexity index is 890. The van der Waals surface area contributed by atoms with Crippen molar-refractivity contribution in [3.63, 3.8) is 0 Å². The number of ether oxygens (including phenoxy) is 3. The average Bonchev–Trinajstić information content (AvgIpc) is 2.79. The first kappa shape index (κ1) is 20.2. The smallest absolute Gasteiger partial charge is 0.313 e. The van der Waals surface area contributed by atoms with E-state index in [0.29, 0.717) is 50.1 Å². The highest BCUT2D eigenvalue weighted by atomic mass is 16.6. The lowest BCUT2D eigenvalue weighted by Crippen LogP contribution is -2.44. The first-order valence-electron chi connectivity index (χ1n) is 10.1. The summed E-state index contributed by atoms with van der Waals surface area (Å²) in [5.41, 5.74) is 1.63. The van der Waals surface area contributed by atoms with Crippen molar-refractivity contribution in [1.29, 1.82) is 0 Å². The summed E-state index contributed by atoms with van der Waals surface area (Å²) in [5, 5.41) is 5.27. The summed E-state index contributed by atoms with van der Waals surface area (Å²) in [5.74, 6) is -0.198. The normalized spacial score (nSPS) is 18.5. The van der Waals surface area contributed by atoms with Crippen molar-refractivity contribution in [2.75, 3.05) is 51.3 Å². The molecule has 158 valence electrons. The number of amides is 2. The monoisotopic (exact) mass is 411 g/mol. The van der Waals surface area contributed by atoms with E-state index in [1.165, 1.54) is 0 Å². The first-order chi connectivity index (χ1) is 14.7. The third-order valence-corrected chi connectivity index (χ3v) is 5.04. The zero-order chi connectivity index (χ0) is 20.8. The summed E-state index contributed by atoms with van der Waals surface area (Å²) in [4.78, 5) is 26.5. The van der Waals surface area contributed by atoms with E-state index < -0.39 is 11.8 Å². The number of carbonyl (C=O) groups excluding carboxylic acids is 2. The van der Waals surface area contributed by atoms with E-state index in [2.05, 4.69) is 27.7 Å². The highest BCUT2D eigenvalue weighted by Gasteiger charge is 2.22.